The van der Waals surface area contributed by atoms with Crippen molar-refractivity contribution in [1.82, 2.24) is 5.32 Å². The third-order valence-corrected chi connectivity index (χ3v) is 5.26. The molecule has 23 heavy (non-hydrogen) atoms. The number of carbonyl (C=O) groups excluding carboxylic acids is 2. The molecular formula is C18H21NO3S. The molecule has 1 aliphatic heterocycles. The number of carbonyl (C=O) groups is 2. The van der Waals surface area contributed by atoms with Gasteiger partial charge in [0.2, 0.25) is 0 Å². The minimum atomic E-state index is -0.332. The molecule has 2 fully saturated rings. The Bertz CT molecular complexity index is 647. The molecule has 0 spiro atoms. The van der Waals surface area contributed by atoms with Crippen LogP contribution in [0.4, 0.5) is 4.79 Å². The number of nitrogens with one attached hydrogen (secondary N) is 1. The van der Waals surface area contributed by atoms with Crippen LogP contribution in [0.5, 0.6) is 5.75 Å². The Morgan fingerprint density at radius 1 is 1.26 bits per heavy atom. The van der Waals surface area contributed by atoms with Crippen molar-refractivity contribution < 1.29 is 14.3 Å². The smallest absolute Gasteiger partial charge is 0.290 e. The van der Waals surface area contributed by atoms with Crippen molar-refractivity contribution in [3.05, 3.63) is 34.7 Å². The van der Waals surface area contributed by atoms with Crippen molar-refractivity contribution >= 4 is 29.0 Å². The van der Waals surface area contributed by atoms with Gasteiger partial charge in [0.1, 0.15) is 5.75 Å². The standard InChI is InChI=1S/C18H21NO3S/c1-18(8-3-2-4-9-18)12-22-14-7-5-6-13(10-14)11-15-16(20)19-17(21)23-15/h5-7,10-11H,2-4,8-9,12H2,1H3,(H,19,20,21). The fourth-order valence-electron chi connectivity index (χ4n) is 3.07. The summed E-state index contributed by atoms with van der Waals surface area (Å²) in [7, 11) is 0. The van der Waals surface area contributed by atoms with Gasteiger partial charge in [-0.05, 0) is 48.4 Å². The van der Waals surface area contributed by atoms with E-state index in [9.17, 15) is 9.59 Å². The van der Waals surface area contributed by atoms with Crippen LogP contribution in [0.3, 0.4) is 0 Å². The first-order valence-corrected chi connectivity index (χ1v) is 8.84. The first kappa shape index (κ1) is 16.1. The third-order valence-electron chi connectivity index (χ3n) is 4.45. The predicted octanol–water partition coefficient (Wildman–Crippen LogP) is 4.36. The second-order valence-corrected chi connectivity index (χ2v) is 7.60. The Labute approximate surface area is 140 Å². The molecule has 4 nitrogen and oxygen atoms in total. The molecule has 1 saturated carbocycles. The first-order chi connectivity index (χ1) is 11.0. The highest BCUT2D eigenvalue weighted by Crippen LogP contribution is 2.36. The minimum Gasteiger partial charge on any atom is -0.493 e. The SMILES string of the molecule is CC1(COc2cccc(C=C3SC(=O)NC3=O)c2)CCCCC1. The number of thioether (sulfide) groups is 1. The summed E-state index contributed by atoms with van der Waals surface area (Å²) < 4.78 is 6.00. The van der Waals surface area contributed by atoms with Crippen molar-refractivity contribution in [2.45, 2.75) is 39.0 Å². The zero-order chi connectivity index (χ0) is 16.3. The van der Waals surface area contributed by atoms with E-state index in [1.54, 1.807) is 6.08 Å². The quantitative estimate of drug-likeness (QED) is 0.833. The molecule has 3 rings (SSSR count). The second kappa shape index (κ2) is 6.79. The van der Waals surface area contributed by atoms with E-state index in [0.29, 0.717) is 4.91 Å². The van der Waals surface area contributed by atoms with Crippen molar-refractivity contribution in [3.63, 3.8) is 0 Å². The van der Waals surface area contributed by atoms with Gasteiger partial charge in [0, 0.05) is 5.41 Å². The van der Waals surface area contributed by atoms with Crippen LogP contribution in [-0.4, -0.2) is 17.8 Å². The summed E-state index contributed by atoms with van der Waals surface area (Å²) in [6.45, 7) is 3.02. The van der Waals surface area contributed by atoms with Gasteiger partial charge in [0.05, 0.1) is 11.5 Å². The van der Waals surface area contributed by atoms with Gasteiger partial charge in [-0.25, -0.2) is 0 Å². The molecule has 5 heteroatoms. The summed E-state index contributed by atoms with van der Waals surface area (Å²) in [5.41, 5.74) is 1.13. The van der Waals surface area contributed by atoms with E-state index in [0.717, 1.165) is 29.7 Å². The van der Waals surface area contributed by atoms with Crippen LogP contribution in [-0.2, 0) is 4.79 Å². The van der Waals surface area contributed by atoms with Crippen molar-refractivity contribution in [2.75, 3.05) is 6.61 Å². The predicted molar refractivity (Wildman–Crippen MR) is 92.2 cm³/mol. The number of rotatable bonds is 4. The molecule has 0 atom stereocenters. The number of amides is 2. The molecule has 1 saturated heterocycles. The number of hydrogen-bond acceptors (Lipinski definition) is 4. The average Bonchev–Trinajstić information content (AvgIpc) is 2.84. The lowest BCUT2D eigenvalue weighted by molar-refractivity contribution is -0.115. The monoisotopic (exact) mass is 331 g/mol. The molecule has 1 aromatic carbocycles. The summed E-state index contributed by atoms with van der Waals surface area (Å²) in [4.78, 5) is 23.2. The lowest BCUT2D eigenvalue weighted by atomic mass is 9.76. The molecule has 0 aromatic heterocycles. The van der Waals surface area contributed by atoms with Crippen LogP contribution in [0.1, 0.15) is 44.6 Å². The Kier molecular flexibility index (Phi) is 4.76. The molecule has 2 aliphatic rings. The molecule has 122 valence electrons. The van der Waals surface area contributed by atoms with Crippen LogP contribution in [0.2, 0.25) is 0 Å². The molecule has 0 unspecified atom stereocenters. The zero-order valence-corrected chi connectivity index (χ0v) is 14.1. The van der Waals surface area contributed by atoms with Gasteiger partial charge in [0.25, 0.3) is 11.1 Å². The minimum absolute atomic E-state index is 0.264. The summed E-state index contributed by atoms with van der Waals surface area (Å²) in [6, 6.07) is 7.65. The summed E-state index contributed by atoms with van der Waals surface area (Å²) in [5, 5.41) is 1.94. The van der Waals surface area contributed by atoms with E-state index in [4.69, 9.17) is 4.74 Å². The van der Waals surface area contributed by atoms with E-state index in [2.05, 4.69) is 12.2 Å². The van der Waals surface area contributed by atoms with E-state index >= 15 is 0 Å². The number of ether oxygens (including phenoxy) is 1. The Morgan fingerprint density at radius 3 is 2.74 bits per heavy atom. The largest absolute Gasteiger partial charge is 0.493 e. The average molecular weight is 331 g/mol. The Balaban J connectivity index is 1.67. The highest BCUT2D eigenvalue weighted by Gasteiger charge is 2.28. The second-order valence-electron chi connectivity index (χ2n) is 6.58. The van der Waals surface area contributed by atoms with Gasteiger partial charge in [-0.1, -0.05) is 38.3 Å². The number of hydrogen-bond donors (Lipinski definition) is 1. The van der Waals surface area contributed by atoms with Gasteiger partial charge in [-0.15, -0.1) is 0 Å². The van der Waals surface area contributed by atoms with Gasteiger partial charge < -0.3 is 4.74 Å². The van der Waals surface area contributed by atoms with Crippen molar-refractivity contribution in [3.8, 4) is 5.75 Å². The van der Waals surface area contributed by atoms with E-state index < -0.39 is 0 Å². The Morgan fingerprint density at radius 2 is 2.04 bits per heavy atom. The Hall–Kier alpha value is -1.75. The van der Waals surface area contributed by atoms with Crippen LogP contribution >= 0.6 is 11.8 Å². The molecule has 1 heterocycles. The molecule has 1 aromatic rings. The van der Waals surface area contributed by atoms with Gasteiger partial charge in [-0.3, -0.25) is 14.9 Å². The van der Waals surface area contributed by atoms with Crippen LogP contribution in [0.15, 0.2) is 29.2 Å². The van der Waals surface area contributed by atoms with Crippen LogP contribution < -0.4 is 10.1 Å². The summed E-state index contributed by atoms with van der Waals surface area (Å²) in [6.07, 6.45) is 8.06. The van der Waals surface area contributed by atoms with Crippen molar-refractivity contribution in [2.24, 2.45) is 5.41 Å². The van der Waals surface area contributed by atoms with Crippen LogP contribution in [0, 0.1) is 5.41 Å². The lowest BCUT2D eigenvalue weighted by Crippen LogP contribution is -2.27. The van der Waals surface area contributed by atoms with Gasteiger partial charge >= 0.3 is 0 Å². The summed E-state index contributed by atoms with van der Waals surface area (Å²) in [5.74, 6) is 0.474. The van der Waals surface area contributed by atoms with E-state index in [-0.39, 0.29) is 16.6 Å². The lowest BCUT2D eigenvalue weighted by Gasteiger charge is -2.33. The highest BCUT2D eigenvalue weighted by atomic mass is 32.2. The van der Waals surface area contributed by atoms with Crippen LogP contribution in [0.25, 0.3) is 6.08 Å². The molecule has 1 aliphatic carbocycles. The molecule has 0 radical (unpaired) electrons. The van der Waals surface area contributed by atoms with Crippen molar-refractivity contribution in [1.29, 1.82) is 0 Å². The first-order valence-electron chi connectivity index (χ1n) is 8.02. The fourth-order valence-corrected chi connectivity index (χ4v) is 3.76. The van der Waals surface area contributed by atoms with Gasteiger partial charge in [-0.2, -0.15) is 0 Å². The molecule has 1 N–H and O–H groups in total. The maximum Gasteiger partial charge on any atom is 0.290 e. The fraction of sp³-hybridized carbons (Fsp3) is 0.444. The normalized spacial score (nSPS) is 22.2. The number of benzene rings is 1. The maximum atomic E-state index is 11.6. The molecule has 2 amide bonds. The van der Waals surface area contributed by atoms with E-state index in [1.165, 1.54) is 32.1 Å². The summed E-state index contributed by atoms with van der Waals surface area (Å²) >= 11 is 0.931. The number of imide groups is 1. The highest BCUT2D eigenvalue weighted by molar-refractivity contribution is 8.18. The molecular weight excluding hydrogens is 310 g/mol. The maximum absolute atomic E-state index is 11.6. The van der Waals surface area contributed by atoms with Gasteiger partial charge in [0.15, 0.2) is 0 Å². The van der Waals surface area contributed by atoms with E-state index in [1.807, 2.05) is 24.3 Å². The topological polar surface area (TPSA) is 55.4 Å². The zero-order valence-electron chi connectivity index (χ0n) is 13.3. The molecule has 0 bridgehead atoms. The third kappa shape index (κ3) is 4.16.